The molecule has 0 aromatic heterocycles. The smallest absolute Gasteiger partial charge is 0.126 e. The minimum Gasteiger partial charge on any atom is -0.508 e. The highest BCUT2D eigenvalue weighted by Crippen LogP contribution is 2.47. The molecule has 3 aromatic carbocycles. The van der Waals surface area contributed by atoms with Crippen LogP contribution in [-0.2, 0) is 0 Å². The molecule has 0 spiro atoms. The molecule has 0 radical (unpaired) electrons. The third-order valence-corrected chi connectivity index (χ3v) is 8.71. The van der Waals surface area contributed by atoms with Gasteiger partial charge in [-0.2, -0.15) is 0 Å². The summed E-state index contributed by atoms with van der Waals surface area (Å²) in [4.78, 5) is 2.64. The molecule has 214 valence electrons. The number of benzene rings is 3. The van der Waals surface area contributed by atoms with Crippen molar-refractivity contribution in [1.29, 1.82) is 0 Å². The zero-order valence-corrected chi connectivity index (χ0v) is 24.1. The number of hydrogen-bond acceptors (Lipinski definition) is 4. The standard InChI is InChI=1S/C36H47NO3/c38-31-19-22-33-35(27-31)40-28-34(29-15-9-8-10-16-29)36(33)30-17-20-32(21-18-30)39-26-14-7-5-3-1-2-4-6-11-23-37-24-12-13-25-37/h8-10,15-22,27,34,36,38H,1-7,11-14,23-26,28H2/t34-,36+/m1/s1. The van der Waals surface area contributed by atoms with E-state index in [0.29, 0.717) is 6.61 Å². The minimum atomic E-state index is 0.158. The first-order valence-electron chi connectivity index (χ1n) is 15.7. The van der Waals surface area contributed by atoms with Gasteiger partial charge in [0.1, 0.15) is 17.2 Å². The van der Waals surface area contributed by atoms with Crippen LogP contribution in [0.1, 0.15) is 99.2 Å². The van der Waals surface area contributed by atoms with Gasteiger partial charge in [0.05, 0.1) is 13.2 Å². The average molecular weight is 542 g/mol. The zero-order valence-electron chi connectivity index (χ0n) is 24.1. The Morgan fingerprint density at radius 2 is 1.40 bits per heavy atom. The monoisotopic (exact) mass is 541 g/mol. The zero-order chi connectivity index (χ0) is 27.4. The molecule has 1 fully saturated rings. The van der Waals surface area contributed by atoms with Gasteiger partial charge >= 0.3 is 0 Å². The maximum atomic E-state index is 10.0. The Hall–Kier alpha value is -2.98. The van der Waals surface area contributed by atoms with Crippen LogP contribution >= 0.6 is 0 Å². The predicted molar refractivity (Wildman–Crippen MR) is 164 cm³/mol. The molecule has 40 heavy (non-hydrogen) atoms. The van der Waals surface area contributed by atoms with E-state index in [2.05, 4.69) is 59.5 Å². The van der Waals surface area contributed by atoms with E-state index in [4.69, 9.17) is 9.47 Å². The molecule has 5 rings (SSSR count). The van der Waals surface area contributed by atoms with Crippen molar-refractivity contribution in [2.45, 2.75) is 82.5 Å². The lowest BCUT2D eigenvalue weighted by atomic mass is 9.76. The maximum Gasteiger partial charge on any atom is 0.126 e. The first kappa shape index (κ1) is 28.5. The van der Waals surface area contributed by atoms with Crippen LogP contribution in [0.5, 0.6) is 17.2 Å². The van der Waals surface area contributed by atoms with Crippen LogP contribution in [0.25, 0.3) is 0 Å². The molecular formula is C36H47NO3. The van der Waals surface area contributed by atoms with Crippen molar-refractivity contribution in [3.05, 3.63) is 89.5 Å². The average Bonchev–Trinajstić information content (AvgIpc) is 3.51. The summed E-state index contributed by atoms with van der Waals surface area (Å²) in [5.41, 5.74) is 3.63. The number of hydrogen-bond donors (Lipinski definition) is 1. The lowest BCUT2D eigenvalue weighted by Crippen LogP contribution is -2.25. The fourth-order valence-electron chi connectivity index (χ4n) is 6.44. The maximum absolute atomic E-state index is 10.0. The Morgan fingerprint density at radius 1 is 0.725 bits per heavy atom. The topological polar surface area (TPSA) is 41.9 Å². The number of nitrogens with zero attached hydrogens (tertiary/aromatic N) is 1. The van der Waals surface area contributed by atoms with Gasteiger partial charge in [-0.25, -0.2) is 0 Å². The number of unbranched alkanes of at least 4 members (excludes halogenated alkanes) is 8. The molecule has 0 bridgehead atoms. The van der Waals surface area contributed by atoms with Gasteiger partial charge in [-0.15, -0.1) is 0 Å². The molecule has 4 nitrogen and oxygen atoms in total. The lowest BCUT2D eigenvalue weighted by Gasteiger charge is -2.34. The van der Waals surface area contributed by atoms with Crippen molar-refractivity contribution in [3.63, 3.8) is 0 Å². The van der Waals surface area contributed by atoms with Crippen LogP contribution in [0, 0.1) is 0 Å². The quantitative estimate of drug-likeness (QED) is 0.195. The van der Waals surface area contributed by atoms with E-state index in [9.17, 15) is 5.11 Å². The van der Waals surface area contributed by atoms with Gasteiger partial charge in [0.2, 0.25) is 0 Å². The Balaban J connectivity index is 1.03. The van der Waals surface area contributed by atoms with Gasteiger partial charge < -0.3 is 19.5 Å². The third kappa shape index (κ3) is 8.04. The van der Waals surface area contributed by atoms with Crippen molar-refractivity contribution < 1.29 is 14.6 Å². The van der Waals surface area contributed by atoms with Gasteiger partial charge in [0, 0.05) is 23.5 Å². The second kappa shape index (κ2) is 15.1. The van der Waals surface area contributed by atoms with Gasteiger partial charge in [-0.1, -0.05) is 93.5 Å². The predicted octanol–water partition coefficient (Wildman–Crippen LogP) is 8.69. The minimum absolute atomic E-state index is 0.158. The van der Waals surface area contributed by atoms with Crippen molar-refractivity contribution in [2.75, 3.05) is 32.8 Å². The molecule has 0 aliphatic carbocycles. The Morgan fingerprint density at radius 3 is 2.12 bits per heavy atom. The first-order valence-corrected chi connectivity index (χ1v) is 15.7. The van der Waals surface area contributed by atoms with Crippen LogP contribution in [0.4, 0.5) is 0 Å². The van der Waals surface area contributed by atoms with E-state index >= 15 is 0 Å². The molecular weight excluding hydrogens is 494 g/mol. The number of phenols is 1. The Labute approximate surface area is 241 Å². The van der Waals surface area contributed by atoms with Crippen molar-refractivity contribution in [3.8, 4) is 17.2 Å². The fourth-order valence-corrected chi connectivity index (χ4v) is 6.44. The molecule has 2 atom stereocenters. The highest BCUT2D eigenvalue weighted by molar-refractivity contribution is 5.50. The van der Waals surface area contributed by atoms with Gasteiger partial charge in [0.25, 0.3) is 0 Å². The highest BCUT2D eigenvalue weighted by atomic mass is 16.5. The van der Waals surface area contributed by atoms with Crippen LogP contribution in [0.2, 0.25) is 0 Å². The molecule has 2 aliphatic rings. The first-order chi connectivity index (χ1) is 19.8. The van der Waals surface area contributed by atoms with Crippen LogP contribution in [-0.4, -0.2) is 42.9 Å². The number of likely N-dealkylation sites (tertiary alicyclic amines) is 1. The SMILES string of the molecule is Oc1ccc2c(c1)OC[C@H](c1ccccc1)[C@H]2c1ccc(OCCCCCCCCCCCN2CCCC2)cc1. The summed E-state index contributed by atoms with van der Waals surface area (Å²) in [6.45, 7) is 5.36. The van der Waals surface area contributed by atoms with E-state index in [1.54, 1.807) is 12.1 Å². The highest BCUT2D eigenvalue weighted by Gasteiger charge is 2.33. The molecule has 0 saturated carbocycles. The molecule has 2 heterocycles. The Bertz CT molecular complexity index is 1140. The number of aromatic hydroxyl groups is 1. The normalized spacial score (nSPS) is 18.8. The van der Waals surface area contributed by atoms with Crippen LogP contribution in [0.15, 0.2) is 72.8 Å². The van der Waals surface area contributed by atoms with Gasteiger partial charge in [0.15, 0.2) is 0 Å². The third-order valence-electron chi connectivity index (χ3n) is 8.71. The number of fused-ring (bicyclic) bond motifs is 1. The summed E-state index contributed by atoms with van der Waals surface area (Å²) in [6, 6.07) is 24.7. The summed E-state index contributed by atoms with van der Waals surface area (Å²) in [5, 5.41) is 10.0. The summed E-state index contributed by atoms with van der Waals surface area (Å²) in [6.07, 6.45) is 14.8. The van der Waals surface area contributed by atoms with Gasteiger partial charge in [-0.05, 0) is 74.6 Å². The van der Waals surface area contributed by atoms with Crippen molar-refractivity contribution >= 4 is 0 Å². The van der Waals surface area contributed by atoms with E-state index in [1.165, 1.54) is 95.0 Å². The number of rotatable bonds is 15. The molecule has 3 aromatic rings. The second-order valence-corrected chi connectivity index (χ2v) is 11.7. The van der Waals surface area contributed by atoms with E-state index < -0.39 is 0 Å². The molecule has 2 aliphatic heterocycles. The second-order valence-electron chi connectivity index (χ2n) is 11.7. The lowest BCUT2D eigenvalue weighted by molar-refractivity contribution is 0.247. The van der Waals surface area contributed by atoms with Crippen LogP contribution in [0.3, 0.4) is 0 Å². The Kier molecular flexibility index (Phi) is 10.8. The summed E-state index contributed by atoms with van der Waals surface area (Å²) in [7, 11) is 0. The van der Waals surface area contributed by atoms with Crippen LogP contribution < -0.4 is 9.47 Å². The fraction of sp³-hybridized carbons (Fsp3) is 0.500. The summed E-state index contributed by atoms with van der Waals surface area (Å²) < 4.78 is 12.2. The molecule has 1 saturated heterocycles. The van der Waals surface area contributed by atoms with E-state index in [0.717, 1.165) is 30.1 Å². The van der Waals surface area contributed by atoms with E-state index in [1.807, 2.05) is 6.07 Å². The largest absolute Gasteiger partial charge is 0.508 e. The number of ether oxygens (including phenoxy) is 2. The van der Waals surface area contributed by atoms with Crippen molar-refractivity contribution in [1.82, 2.24) is 4.90 Å². The van der Waals surface area contributed by atoms with E-state index in [-0.39, 0.29) is 17.6 Å². The molecule has 1 N–H and O–H groups in total. The number of phenolic OH excluding ortho intramolecular Hbond substituents is 1. The molecule has 0 unspecified atom stereocenters. The van der Waals surface area contributed by atoms with Gasteiger partial charge in [-0.3, -0.25) is 0 Å². The molecule has 0 amide bonds. The molecule has 4 heteroatoms. The summed E-state index contributed by atoms with van der Waals surface area (Å²) in [5.74, 6) is 2.32. The summed E-state index contributed by atoms with van der Waals surface area (Å²) >= 11 is 0. The van der Waals surface area contributed by atoms with Crippen molar-refractivity contribution in [2.24, 2.45) is 0 Å².